The summed E-state index contributed by atoms with van der Waals surface area (Å²) in [6.07, 6.45) is 17.5. The van der Waals surface area contributed by atoms with Crippen molar-refractivity contribution in [2.24, 2.45) is 0 Å². The Labute approximate surface area is 100.0 Å². The van der Waals surface area contributed by atoms with E-state index in [9.17, 15) is 0 Å². The summed E-state index contributed by atoms with van der Waals surface area (Å²) >= 11 is 2.18. The van der Waals surface area contributed by atoms with Crippen molar-refractivity contribution in [1.82, 2.24) is 0 Å². The number of hydrogen-bond acceptors (Lipinski definition) is 1. The number of hydrogen-bond donors (Lipinski definition) is 0. The highest BCUT2D eigenvalue weighted by Crippen LogP contribution is 2.44. The molecule has 0 aromatic rings. The van der Waals surface area contributed by atoms with Crippen LogP contribution in [0.15, 0.2) is 0 Å². The molecule has 0 N–H and O–H groups in total. The largest absolute Gasteiger partial charge is 0.215 e. The van der Waals surface area contributed by atoms with Crippen LogP contribution in [-0.4, -0.2) is 12.2 Å². The molecule has 0 bridgehead atoms. The van der Waals surface area contributed by atoms with Crippen molar-refractivity contribution < 1.29 is 0 Å². The fraction of sp³-hybridized carbons (Fsp3) is 1.00. The summed E-state index contributed by atoms with van der Waals surface area (Å²) in [6, 6.07) is 0. The predicted octanol–water partition coefficient (Wildman–Crippen LogP) is 5.01. The first-order valence-corrected chi connectivity index (χ1v) is 8.23. The van der Waals surface area contributed by atoms with E-state index in [0.717, 1.165) is 17.6 Å². The lowest BCUT2D eigenvalue weighted by molar-refractivity contribution is 0.467. The highest BCUT2D eigenvalue weighted by atomic mass is 32.2. The summed E-state index contributed by atoms with van der Waals surface area (Å²) in [5.41, 5.74) is 0. The van der Waals surface area contributed by atoms with Crippen molar-refractivity contribution in [2.45, 2.75) is 75.8 Å². The van der Waals surface area contributed by atoms with Gasteiger partial charge < -0.3 is 0 Å². The Hall–Kier alpha value is 0.415. The molecule has 2 saturated carbocycles. The fourth-order valence-electron chi connectivity index (χ4n) is 3.70. The predicted molar refractivity (Wildman–Crippen MR) is 72.9 cm³/mol. The average molecular weight is 224 g/mol. The van der Waals surface area contributed by atoms with Gasteiger partial charge in [-0.05, 0) is 6.26 Å². The highest BCUT2D eigenvalue weighted by molar-refractivity contribution is 8.25. The topological polar surface area (TPSA) is 0 Å². The fourth-order valence-corrected chi connectivity index (χ4v) is 5.01. The Bertz CT molecular complexity index is 153. The van der Waals surface area contributed by atoms with Crippen LogP contribution in [0.5, 0.6) is 0 Å². The van der Waals surface area contributed by atoms with Crippen LogP contribution in [0.25, 0.3) is 0 Å². The van der Waals surface area contributed by atoms with Crippen LogP contribution < -0.4 is 0 Å². The van der Waals surface area contributed by atoms with E-state index in [1.54, 1.807) is 0 Å². The second kappa shape index (κ2) is 6.22. The molecule has 0 atom stereocenters. The molecule has 2 aliphatic rings. The van der Waals surface area contributed by atoms with Crippen LogP contribution in [0.4, 0.5) is 0 Å². The zero-order valence-electron chi connectivity index (χ0n) is 10.2. The smallest absolute Gasteiger partial charge is 0.213 e. The molecular formula is C13H25BS. The van der Waals surface area contributed by atoms with E-state index in [2.05, 4.69) is 17.9 Å². The van der Waals surface area contributed by atoms with Gasteiger partial charge in [-0.3, -0.25) is 0 Å². The van der Waals surface area contributed by atoms with Crippen LogP contribution in [0.1, 0.15) is 64.2 Å². The van der Waals surface area contributed by atoms with Gasteiger partial charge in [-0.15, -0.1) is 0 Å². The van der Waals surface area contributed by atoms with Gasteiger partial charge in [0.15, 0.2) is 0 Å². The van der Waals surface area contributed by atoms with Gasteiger partial charge in [0, 0.05) is 0 Å². The van der Waals surface area contributed by atoms with Gasteiger partial charge in [0.2, 0.25) is 5.99 Å². The molecule has 0 radical (unpaired) electrons. The SMILES string of the molecule is CSB(C1CCCCC1)C1CCCCC1. The third-order valence-corrected chi connectivity index (χ3v) is 5.82. The van der Waals surface area contributed by atoms with E-state index in [1.807, 2.05) is 0 Å². The minimum Gasteiger partial charge on any atom is -0.213 e. The summed E-state index contributed by atoms with van der Waals surface area (Å²) in [7, 11) is 0. The second-order valence-electron chi connectivity index (χ2n) is 5.50. The molecule has 0 aromatic heterocycles. The van der Waals surface area contributed by atoms with Crippen molar-refractivity contribution in [1.29, 1.82) is 0 Å². The van der Waals surface area contributed by atoms with E-state index in [4.69, 9.17) is 0 Å². The monoisotopic (exact) mass is 224 g/mol. The van der Waals surface area contributed by atoms with Crippen LogP contribution in [0.2, 0.25) is 11.6 Å². The number of rotatable bonds is 3. The van der Waals surface area contributed by atoms with Crippen molar-refractivity contribution in [3.8, 4) is 0 Å². The third kappa shape index (κ3) is 3.18. The van der Waals surface area contributed by atoms with E-state index in [0.29, 0.717) is 0 Å². The maximum Gasteiger partial charge on any atom is 0.215 e. The molecule has 2 fully saturated rings. The van der Waals surface area contributed by atoms with Gasteiger partial charge in [0.25, 0.3) is 0 Å². The van der Waals surface area contributed by atoms with E-state index >= 15 is 0 Å². The maximum absolute atomic E-state index is 2.36. The minimum atomic E-state index is 1.01. The lowest BCUT2D eigenvalue weighted by Gasteiger charge is -2.34. The molecule has 2 rings (SSSR count). The van der Waals surface area contributed by atoms with Gasteiger partial charge >= 0.3 is 0 Å². The van der Waals surface area contributed by atoms with Crippen molar-refractivity contribution in [3.05, 3.63) is 0 Å². The first-order chi connectivity index (χ1) is 7.42. The molecular weight excluding hydrogens is 199 g/mol. The summed E-state index contributed by atoms with van der Waals surface area (Å²) < 4.78 is 0. The molecule has 0 nitrogen and oxygen atoms in total. The quantitative estimate of drug-likeness (QED) is 0.607. The lowest BCUT2D eigenvalue weighted by atomic mass is 9.47. The summed E-state index contributed by atoms with van der Waals surface area (Å²) in [5.74, 6) is 3.14. The molecule has 0 amide bonds. The Balaban J connectivity index is 1.88. The zero-order valence-corrected chi connectivity index (χ0v) is 11.0. The lowest BCUT2D eigenvalue weighted by Crippen LogP contribution is -2.27. The zero-order chi connectivity index (χ0) is 10.5. The molecule has 0 unspecified atom stereocenters. The third-order valence-electron chi connectivity index (χ3n) is 4.50. The molecule has 15 heavy (non-hydrogen) atoms. The van der Waals surface area contributed by atoms with Gasteiger partial charge in [0.1, 0.15) is 0 Å². The molecule has 0 aromatic carbocycles. The van der Waals surface area contributed by atoms with E-state index in [-0.39, 0.29) is 0 Å². The standard InChI is InChI=1S/C13H25BS/c1-15-14(12-8-4-2-5-9-12)13-10-6-3-7-11-13/h12-13H,2-11H2,1H3. The highest BCUT2D eigenvalue weighted by Gasteiger charge is 2.33. The Morgan fingerprint density at radius 3 is 1.47 bits per heavy atom. The normalized spacial score (nSPS) is 25.4. The van der Waals surface area contributed by atoms with Gasteiger partial charge in [-0.25, -0.2) is 11.6 Å². The molecule has 0 heterocycles. The van der Waals surface area contributed by atoms with Crippen LogP contribution >= 0.6 is 11.6 Å². The summed E-state index contributed by atoms with van der Waals surface area (Å²) in [5, 5.41) is 0. The molecule has 2 aliphatic carbocycles. The second-order valence-corrected chi connectivity index (χ2v) is 6.51. The van der Waals surface area contributed by atoms with E-state index in [1.165, 1.54) is 64.2 Å². The Morgan fingerprint density at radius 2 is 1.13 bits per heavy atom. The maximum atomic E-state index is 2.36. The Morgan fingerprint density at radius 1 is 0.733 bits per heavy atom. The van der Waals surface area contributed by atoms with Crippen molar-refractivity contribution >= 4 is 17.6 Å². The van der Waals surface area contributed by atoms with Crippen molar-refractivity contribution in [3.63, 3.8) is 0 Å². The van der Waals surface area contributed by atoms with Crippen LogP contribution in [0, 0.1) is 0 Å². The first kappa shape index (κ1) is 11.9. The van der Waals surface area contributed by atoms with E-state index < -0.39 is 0 Å². The van der Waals surface area contributed by atoms with Crippen LogP contribution in [-0.2, 0) is 0 Å². The van der Waals surface area contributed by atoms with Gasteiger partial charge in [0.05, 0.1) is 0 Å². The van der Waals surface area contributed by atoms with Gasteiger partial charge in [-0.1, -0.05) is 75.8 Å². The average Bonchev–Trinajstić information content (AvgIpc) is 2.33. The summed E-state index contributed by atoms with van der Waals surface area (Å²) in [4.78, 5) is 0. The molecule has 2 heteroatoms. The van der Waals surface area contributed by atoms with Crippen LogP contribution in [0.3, 0.4) is 0 Å². The molecule has 0 spiro atoms. The molecule has 0 aliphatic heterocycles. The summed E-state index contributed by atoms with van der Waals surface area (Å²) in [6.45, 7) is 0. The molecule has 0 saturated heterocycles. The van der Waals surface area contributed by atoms with Crippen molar-refractivity contribution in [2.75, 3.05) is 6.26 Å². The minimum absolute atomic E-state index is 1.01. The Kier molecular flexibility index (Phi) is 4.93. The first-order valence-electron chi connectivity index (χ1n) is 6.94. The molecule has 86 valence electrons. The van der Waals surface area contributed by atoms with Gasteiger partial charge in [-0.2, -0.15) is 0 Å².